The minimum Gasteiger partial charge on any atom is -0.444 e. The van der Waals surface area contributed by atoms with Gasteiger partial charge in [-0.1, -0.05) is 30.3 Å². The second kappa shape index (κ2) is 8.94. The van der Waals surface area contributed by atoms with Gasteiger partial charge in [0.25, 0.3) is 5.91 Å². The largest absolute Gasteiger partial charge is 0.444 e. The lowest BCUT2D eigenvalue weighted by atomic mass is 10.1. The molecule has 2 aromatic carbocycles. The second-order valence-electron chi connectivity index (χ2n) is 5.89. The molecule has 0 bridgehead atoms. The number of hydrogen-bond acceptors (Lipinski definition) is 5. The zero-order chi connectivity index (χ0) is 20.9. The zero-order valence-corrected chi connectivity index (χ0v) is 16.3. The number of benzene rings is 2. The molecule has 7 nitrogen and oxygen atoms in total. The van der Waals surface area contributed by atoms with Crippen LogP contribution in [0, 0.1) is 5.82 Å². The van der Waals surface area contributed by atoms with Crippen LogP contribution in [0.4, 0.5) is 4.39 Å². The van der Waals surface area contributed by atoms with Gasteiger partial charge in [-0.2, -0.15) is 0 Å². The molecule has 0 heterocycles. The van der Waals surface area contributed by atoms with Crippen LogP contribution >= 0.6 is 0 Å². The third kappa shape index (κ3) is 4.93. The number of esters is 1. The molecule has 0 radical (unpaired) electrons. The Morgan fingerprint density at radius 1 is 1.11 bits per heavy atom. The molecular weight excluding hydrogens is 387 g/mol. The number of carbonyl (C=O) groups is 2. The first-order valence-electron chi connectivity index (χ1n) is 8.56. The average molecular weight is 408 g/mol. The van der Waals surface area contributed by atoms with Crippen molar-refractivity contribution in [3.8, 4) is 0 Å². The maximum atomic E-state index is 14.1. The van der Waals surface area contributed by atoms with Crippen molar-refractivity contribution >= 4 is 21.9 Å². The summed E-state index contributed by atoms with van der Waals surface area (Å²) in [6.45, 7) is 4.35. The van der Waals surface area contributed by atoms with Crippen molar-refractivity contribution in [3.63, 3.8) is 0 Å². The summed E-state index contributed by atoms with van der Waals surface area (Å²) in [5.41, 5.74) is -0.212. The maximum absolute atomic E-state index is 14.1. The lowest BCUT2D eigenvalue weighted by molar-refractivity contribution is -0.140. The predicted molar refractivity (Wildman–Crippen MR) is 100 cm³/mol. The molecule has 28 heavy (non-hydrogen) atoms. The summed E-state index contributed by atoms with van der Waals surface area (Å²) in [7, 11) is -4.14. The number of ether oxygens (including phenoxy) is 1. The van der Waals surface area contributed by atoms with E-state index in [-0.39, 0.29) is 0 Å². The Hall–Kier alpha value is -2.78. The van der Waals surface area contributed by atoms with Crippen LogP contribution in [0.25, 0.3) is 0 Å². The first kappa shape index (κ1) is 21.5. The van der Waals surface area contributed by atoms with E-state index in [0.29, 0.717) is 18.7 Å². The van der Waals surface area contributed by atoms with Gasteiger partial charge in [0.15, 0.2) is 0 Å². The number of sulfonamides is 1. The number of primary sulfonamides is 1. The number of likely N-dealkylation sites (N-methyl/N-ethyl adjacent to an activating group) is 1. The molecule has 0 spiro atoms. The molecule has 0 fully saturated rings. The van der Waals surface area contributed by atoms with E-state index in [1.165, 1.54) is 4.90 Å². The van der Waals surface area contributed by atoms with Crippen LogP contribution in [0.1, 0.15) is 35.9 Å². The quantitative estimate of drug-likeness (QED) is 0.707. The fourth-order valence-corrected chi connectivity index (χ4v) is 3.14. The zero-order valence-electron chi connectivity index (χ0n) is 15.5. The molecule has 0 aliphatic carbocycles. The third-order valence-corrected chi connectivity index (χ3v) is 5.02. The van der Waals surface area contributed by atoms with Gasteiger partial charge < -0.3 is 9.64 Å². The smallest absolute Gasteiger partial charge is 0.342 e. The van der Waals surface area contributed by atoms with Crippen LogP contribution < -0.4 is 5.14 Å². The summed E-state index contributed by atoms with van der Waals surface area (Å²) in [4.78, 5) is 26.4. The van der Waals surface area contributed by atoms with Crippen molar-refractivity contribution in [2.45, 2.75) is 24.8 Å². The van der Waals surface area contributed by atoms with Gasteiger partial charge >= 0.3 is 5.97 Å². The van der Waals surface area contributed by atoms with Crippen molar-refractivity contribution < 1.29 is 27.1 Å². The van der Waals surface area contributed by atoms with Crippen molar-refractivity contribution in [2.24, 2.45) is 5.14 Å². The van der Waals surface area contributed by atoms with Gasteiger partial charge in [0, 0.05) is 18.7 Å². The topological polar surface area (TPSA) is 107 Å². The van der Waals surface area contributed by atoms with E-state index < -0.39 is 44.3 Å². The fourth-order valence-electron chi connectivity index (χ4n) is 2.60. The lowest BCUT2D eigenvalue weighted by Crippen LogP contribution is -2.36. The molecule has 0 aliphatic heterocycles. The van der Waals surface area contributed by atoms with Crippen molar-refractivity contribution in [3.05, 3.63) is 65.5 Å². The number of nitrogens with zero attached hydrogens (tertiary/aromatic N) is 1. The van der Waals surface area contributed by atoms with Gasteiger partial charge in [0.1, 0.15) is 5.82 Å². The Morgan fingerprint density at radius 2 is 1.71 bits per heavy atom. The van der Waals surface area contributed by atoms with E-state index >= 15 is 0 Å². The average Bonchev–Trinajstić information content (AvgIpc) is 2.66. The molecule has 2 N–H and O–H groups in total. The highest BCUT2D eigenvalue weighted by Crippen LogP contribution is 2.24. The van der Waals surface area contributed by atoms with Gasteiger partial charge in [-0.05, 0) is 32.0 Å². The molecule has 0 saturated heterocycles. The number of halogens is 1. The predicted octanol–water partition coefficient (Wildman–Crippen LogP) is 2.24. The van der Waals surface area contributed by atoms with Crippen molar-refractivity contribution in [1.82, 2.24) is 4.90 Å². The minimum absolute atomic E-state index is 0.394. The van der Waals surface area contributed by atoms with Crippen LogP contribution in [0.3, 0.4) is 0 Å². The third-order valence-electron chi connectivity index (χ3n) is 4.11. The van der Waals surface area contributed by atoms with E-state index in [9.17, 15) is 22.4 Å². The summed E-state index contributed by atoms with van der Waals surface area (Å²) in [5, 5.41) is 5.03. The van der Waals surface area contributed by atoms with E-state index in [4.69, 9.17) is 9.88 Å². The van der Waals surface area contributed by atoms with E-state index in [0.717, 1.165) is 18.2 Å². The molecule has 0 saturated carbocycles. The van der Waals surface area contributed by atoms with Gasteiger partial charge in [-0.15, -0.1) is 0 Å². The normalized spacial score (nSPS) is 12.3. The number of amides is 1. The number of carbonyl (C=O) groups excluding carboxylic acids is 2. The molecule has 1 atom stereocenters. The van der Waals surface area contributed by atoms with Crippen LogP contribution in [0.5, 0.6) is 0 Å². The minimum atomic E-state index is -4.14. The molecule has 9 heteroatoms. The van der Waals surface area contributed by atoms with Crippen molar-refractivity contribution in [1.29, 1.82) is 0 Å². The van der Waals surface area contributed by atoms with E-state index in [1.807, 2.05) is 0 Å². The molecule has 2 aromatic rings. The molecule has 1 amide bonds. The molecule has 150 valence electrons. The van der Waals surface area contributed by atoms with Crippen LogP contribution in [-0.2, 0) is 19.6 Å². The van der Waals surface area contributed by atoms with E-state index in [1.54, 1.807) is 44.2 Å². The van der Waals surface area contributed by atoms with Crippen LogP contribution in [0.2, 0.25) is 0 Å². The molecule has 0 unspecified atom stereocenters. The molecule has 0 aliphatic rings. The van der Waals surface area contributed by atoms with Gasteiger partial charge in [-0.25, -0.2) is 22.7 Å². The summed E-state index contributed by atoms with van der Waals surface area (Å²) in [5.74, 6) is -2.62. The van der Waals surface area contributed by atoms with Crippen molar-refractivity contribution in [2.75, 3.05) is 13.1 Å². The molecule has 0 aromatic heterocycles. The Bertz CT molecular complexity index is 960. The second-order valence-corrected chi connectivity index (χ2v) is 7.45. The highest BCUT2D eigenvalue weighted by atomic mass is 32.2. The Balaban J connectivity index is 2.42. The summed E-state index contributed by atoms with van der Waals surface area (Å²) >= 11 is 0. The SMILES string of the molecule is CCN(CC)C(=O)[C@@H](OC(=O)c1cc(S(N)(=O)=O)ccc1F)c1ccccc1. The van der Waals surface area contributed by atoms with Crippen LogP contribution in [0.15, 0.2) is 53.4 Å². The highest BCUT2D eigenvalue weighted by Gasteiger charge is 2.30. The highest BCUT2D eigenvalue weighted by molar-refractivity contribution is 7.89. The molecular formula is C19H21FN2O5S. The number of nitrogens with two attached hydrogens (primary N) is 1. The standard InChI is InChI=1S/C19H21FN2O5S/c1-3-22(4-2)18(23)17(13-8-6-5-7-9-13)27-19(24)15-12-14(28(21,25)26)10-11-16(15)20/h5-12,17H,3-4H2,1-2H3,(H2,21,25,26)/t17-/m0/s1. The van der Waals surface area contributed by atoms with Crippen LogP contribution in [-0.4, -0.2) is 38.3 Å². The Morgan fingerprint density at radius 3 is 2.25 bits per heavy atom. The van der Waals surface area contributed by atoms with Gasteiger partial charge in [0.2, 0.25) is 16.1 Å². The summed E-state index contributed by atoms with van der Waals surface area (Å²) in [6.07, 6.45) is -1.30. The summed E-state index contributed by atoms with van der Waals surface area (Å²) < 4.78 is 42.4. The number of hydrogen-bond donors (Lipinski definition) is 1. The Labute approximate surface area is 163 Å². The summed E-state index contributed by atoms with van der Waals surface area (Å²) in [6, 6.07) is 10.8. The first-order valence-corrected chi connectivity index (χ1v) is 10.1. The first-order chi connectivity index (χ1) is 13.2. The van der Waals surface area contributed by atoms with E-state index in [2.05, 4.69) is 0 Å². The fraction of sp³-hybridized carbons (Fsp3) is 0.263. The monoisotopic (exact) mass is 408 g/mol. The number of rotatable bonds is 7. The Kier molecular flexibility index (Phi) is 6.87. The van der Waals surface area contributed by atoms with Gasteiger partial charge in [0.05, 0.1) is 10.5 Å². The van der Waals surface area contributed by atoms with Gasteiger partial charge in [-0.3, -0.25) is 4.79 Å². The maximum Gasteiger partial charge on any atom is 0.342 e. The molecule has 2 rings (SSSR count). The lowest BCUT2D eigenvalue weighted by Gasteiger charge is -2.25.